The third-order valence-electron chi connectivity index (χ3n) is 4.40. The van der Waals surface area contributed by atoms with Gasteiger partial charge in [-0.25, -0.2) is 0 Å². The molecule has 0 amide bonds. The van der Waals surface area contributed by atoms with Crippen LogP contribution in [-0.4, -0.2) is 44.0 Å². The maximum absolute atomic E-state index is 13.4. The molecule has 136 valence electrons. The van der Waals surface area contributed by atoms with E-state index in [1.807, 2.05) is 0 Å². The van der Waals surface area contributed by atoms with E-state index >= 15 is 0 Å². The Morgan fingerprint density at radius 1 is 1.36 bits per heavy atom. The highest BCUT2D eigenvalue weighted by Gasteiger charge is 2.34. The zero-order valence-electron chi connectivity index (χ0n) is 13.7. The number of carbonyl (C=O) groups is 1. The molecule has 1 fully saturated rings. The molecule has 0 saturated carbocycles. The lowest BCUT2D eigenvalue weighted by Gasteiger charge is -2.19. The summed E-state index contributed by atoms with van der Waals surface area (Å²) in [5.41, 5.74) is 0.00118. The monoisotopic (exact) mass is 355 g/mol. The molecule has 1 aromatic carbocycles. The normalized spacial score (nSPS) is 21.0. The second kappa shape index (κ2) is 7.43. The van der Waals surface area contributed by atoms with E-state index in [0.29, 0.717) is 23.9 Å². The summed E-state index contributed by atoms with van der Waals surface area (Å²) in [7, 11) is 0. The van der Waals surface area contributed by atoms with Crippen LogP contribution in [0.4, 0.5) is 18.9 Å². The van der Waals surface area contributed by atoms with Crippen molar-refractivity contribution >= 4 is 17.4 Å². The summed E-state index contributed by atoms with van der Waals surface area (Å²) in [6, 6.07) is 4.42. The summed E-state index contributed by atoms with van der Waals surface area (Å²) < 4.78 is 45.1. The Morgan fingerprint density at radius 3 is 2.84 bits per heavy atom. The molecular weight excluding hydrogens is 335 g/mol. The summed E-state index contributed by atoms with van der Waals surface area (Å²) >= 11 is 0. The molecule has 3 rings (SSSR count). The minimum absolute atomic E-state index is 0.0580. The first kappa shape index (κ1) is 17.7. The Bertz CT molecular complexity index is 668. The van der Waals surface area contributed by atoms with Gasteiger partial charge in [-0.15, -0.1) is 0 Å². The quantitative estimate of drug-likeness (QED) is 0.797. The average molecular weight is 355 g/mol. The Hall–Kier alpha value is -2.09. The van der Waals surface area contributed by atoms with Crippen LogP contribution in [0.3, 0.4) is 0 Å². The average Bonchev–Trinajstić information content (AvgIpc) is 3.08. The van der Waals surface area contributed by atoms with Gasteiger partial charge in [-0.2, -0.15) is 13.2 Å². The van der Waals surface area contributed by atoms with Crippen molar-refractivity contribution in [2.24, 2.45) is 4.99 Å². The standard InChI is InChI=1S/C17H20F3N3O2/c18-17(19,20)13-8-11(15-10-25-16(24)9-23-15)3-4-14(13)22-7-5-12-2-1-6-21-12/h3-4,8,12,21-22H,1-2,5-7,9-10H2. The SMILES string of the molecule is O=C1CN=C(c2ccc(NCCC3CCCN3)c(C(F)(F)F)c2)CO1. The van der Waals surface area contributed by atoms with Crippen LogP contribution >= 0.6 is 0 Å². The summed E-state index contributed by atoms with van der Waals surface area (Å²) in [5, 5.41) is 6.22. The Kier molecular flexibility index (Phi) is 5.27. The minimum Gasteiger partial charge on any atom is -0.458 e. The van der Waals surface area contributed by atoms with Crippen molar-refractivity contribution in [3.8, 4) is 0 Å². The zero-order chi connectivity index (χ0) is 17.9. The number of hydrogen-bond donors (Lipinski definition) is 2. The molecule has 25 heavy (non-hydrogen) atoms. The lowest BCUT2D eigenvalue weighted by molar-refractivity contribution is -0.141. The van der Waals surface area contributed by atoms with Crippen LogP contribution in [0.15, 0.2) is 23.2 Å². The molecule has 0 aliphatic carbocycles. The lowest BCUT2D eigenvalue weighted by Crippen LogP contribution is -2.25. The highest BCUT2D eigenvalue weighted by atomic mass is 19.4. The first-order valence-corrected chi connectivity index (χ1v) is 8.31. The van der Waals surface area contributed by atoms with E-state index in [0.717, 1.165) is 31.9 Å². The molecule has 2 N–H and O–H groups in total. The molecule has 0 aromatic heterocycles. The van der Waals surface area contributed by atoms with E-state index in [1.165, 1.54) is 6.07 Å². The highest BCUT2D eigenvalue weighted by Crippen LogP contribution is 2.35. The van der Waals surface area contributed by atoms with E-state index in [2.05, 4.69) is 15.6 Å². The maximum atomic E-state index is 13.4. The van der Waals surface area contributed by atoms with Gasteiger partial charge in [0.1, 0.15) is 13.2 Å². The molecule has 2 aliphatic heterocycles. The van der Waals surface area contributed by atoms with Crippen molar-refractivity contribution < 1.29 is 22.7 Å². The number of alkyl halides is 3. The summed E-state index contributed by atoms with van der Waals surface area (Å²) in [6.45, 7) is 1.18. The molecule has 1 atom stereocenters. The molecule has 0 radical (unpaired) electrons. The van der Waals surface area contributed by atoms with Crippen LogP contribution in [0.25, 0.3) is 0 Å². The van der Waals surface area contributed by atoms with Crippen LogP contribution in [0, 0.1) is 0 Å². The molecular formula is C17H20F3N3O2. The first-order valence-electron chi connectivity index (χ1n) is 8.31. The summed E-state index contributed by atoms with van der Waals surface area (Å²) in [6.07, 6.45) is -1.53. The number of aliphatic imine (C=N–C) groups is 1. The largest absolute Gasteiger partial charge is 0.458 e. The number of hydrogen-bond acceptors (Lipinski definition) is 5. The van der Waals surface area contributed by atoms with E-state index in [9.17, 15) is 18.0 Å². The smallest absolute Gasteiger partial charge is 0.418 e. The number of halogens is 3. The first-order chi connectivity index (χ1) is 11.9. The predicted molar refractivity (Wildman–Crippen MR) is 87.9 cm³/mol. The van der Waals surface area contributed by atoms with Crippen molar-refractivity contribution in [3.05, 3.63) is 29.3 Å². The van der Waals surface area contributed by atoms with Crippen LogP contribution in [0.2, 0.25) is 0 Å². The van der Waals surface area contributed by atoms with Gasteiger partial charge in [0.15, 0.2) is 0 Å². The van der Waals surface area contributed by atoms with Gasteiger partial charge >= 0.3 is 12.1 Å². The molecule has 2 aliphatic rings. The zero-order valence-corrected chi connectivity index (χ0v) is 13.7. The molecule has 8 heteroatoms. The maximum Gasteiger partial charge on any atom is 0.418 e. The number of carbonyl (C=O) groups excluding carboxylic acids is 1. The topological polar surface area (TPSA) is 62.7 Å². The van der Waals surface area contributed by atoms with E-state index in [-0.39, 0.29) is 18.8 Å². The number of rotatable bonds is 5. The van der Waals surface area contributed by atoms with Crippen LogP contribution in [0.5, 0.6) is 0 Å². The molecule has 2 heterocycles. The van der Waals surface area contributed by atoms with E-state index in [4.69, 9.17) is 4.74 Å². The number of nitrogens with zero attached hydrogens (tertiary/aromatic N) is 1. The van der Waals surface area contributed by atoms with Crippen LogP contribution in [0.1, 0.15) is 30.4 Å². The Morgan fingerprint density at radius 2 is 2.20 bits per heavy atom. The summed E-state index contributed by atoms with van der Waals surface area (Å²) in [5.74, 6) is -0.474. The summed E-state index contributed by atoms with van der Waals surface area (Å²) in [4.78, 5) is 15.0. The van der Waals surface area contributed by atoms with Crippen molar-refractivity contribution in [2.45, 2.75) is 31.5 Å². The fourth-order valence-electron chi connectivity index (χ4n) is 3.07. The second-order valence-electron chi connectivity index (χ2n) is 6.19. The van der Waals surface area contributed by atoms with Gasteiger partial charge in [0.05, 0.1) is 11.3 Å². The van der Waals surface area contributed by atoms with Crippen molar-refractivity contribution in [2.75, 3.05) is 31.6 Å². The number of esters is 1. The third kappa shape index (κ3) is 4.50. The van der Waals surface area contributed by atoms with Gasteiger partial charge in [-0.3, -0.25) is 9.79 Å². The Labute approximate surface area is 143 Å². The van der Waals surface area contributed by atoms with Gasteiger partial charge < -0.3 is 15.4 Å². The number of anilines is 1. The number of nitrogens with one attached hydrogen (secondary N) is 2. The van der Waals surface area contributed by atoms with Gasteiger partial charge in [-0.05, 0) is 43.5 Å². The van der Waals surface area contributed by atoms with Gasteiger partial charge in [0.2, 0.25) is 0 Å². The number of cyclic esters (lactones) is 1. The van der Waals surface area contributed by atoms with Crippen molar-refractivity contribution in [1.29, 1.82) is 0 Å². The van der Waals surface area contributed by atoms with Crippen LogP contribution < -0.4 is 10.6 Å². The number of benzene rings is 1. The van der Waals surface area contributed by atoms with Crippen molar-refractivity contribution in [1.82, 2.24) is 5.32 Å². The molecule has 0 bridgehead atoms. The molecule has 0 spiro atoms. The van der Waals surface area contributed by atoms with Crippen molar-refractivity contribution in [3.63, 3.8) is 0 Å². The van der Waals surface area contributed by atoms with Gasteiger partial charge in [0, 0.05) is 18.3 Å². The second-order valence-corrected chi connectivity index (χ2v) is 6.19. The Balaban J connectivity index is 1.74. The van der Waals surface area contributed by atoms with Gasteiger partial charge in [0.25, 0.3) is 0 Å². The van der Waals surface area contributed by atoms with Gasteiger partial charge in [-0.1, -0.05) is 6.07 Å². The molecule has 1 unspecified atom stereocenters. The van der Waals surface area contributed by atoms with Crippen LogP contribution in [-0.2, 0) is 15.7 Å². The fraction of sp³-hybridized carbons (Fsp3) is 0.529. The minimum atomic E-state index is -4.48. The molecule has 5 nitrogen and oxygen atoms in total. The fourth-order valence-corrected chi connectivity index (χ4v) is 3.07. The lowest BCUT2D eigenvalue weighted by atomic mass is 10.0. The van der Waals surface area contributed by atoms with E-state index in [1.54, 1.807) is 6.07 Å². The molecule has 1 aromatic rings. The third-order valence-corrected chi connectivity index (χ3v) is 4.40. The highest BCUT2D eigenvalue weighted by molar-refractivity contribution is 6.04. The molecule has 1 saturated heterocycles. The predicted octanol–water partition coefficient (Wildman–Crippen LogP) is 2.61. The number of ether oxygens (including phenoxy) is 1. The van der Waals surface area contributed by atoms with E-state index < -0.39 is 17.7 Å².